The lowest BCUT2D eigenvalue weighted by atomic mass is 10.1. The minimum atomic E-state index is -0.413. The molecule has 88 valence electrons. The zero-order chi connectivity index (χ0) is 12.3. The van der Waals surface area contributed by atoms with Gasteiger partial charge in [-0.15, -0.1) is 6.58 Å². The van der Waals surface area contributed by atoms with Crippen molar-refractivity contribution in [3.05, 3.63) is 35.8 Å². The van der Waals surface area contributed by atoms with E-state index >= 15 is 0 Å². The highest BCUT2D eigenvalue weighted by Crippen LogP contribution is 2.25. The molecule has 1 aromatic rings. The third kappa shape index (κ3) is 2.95. The molecule has 0 N–H and O–H groups in total. The average molecular weight is 243 g/mol. The Balaban J connectivity index is 3.16. The SMILES string of the molecule is C=CCN(c1ncc(Cl)cc1F)C(C)(C)C. The second-order valence-electron chi connectivity index (χ2n) is 4.53. The van der Waals surface area contributed by atoms with Crippen LogP contribution >= 0.6 is 11.6 Å². The van der Waals surface area contributed by atoms with Gasteiger partial charge in [0.15, 0.2) is 11.6 Å². The number of aromatic nitrogens is 1. The molecule has 4 heteroatoms. The first-order chi connectivity index (χ1) is 7.36. The molecule has 16 heavy (non-hydrogen) atoms. The molecule has 2 nitrogen and oxygen atoms in total. The molecule has 0 amide bonds. The molecular formula is C12H16ClFN2. The zero-order valence-electron chi connectivity index (χ0n) is 9.80. The number of pyridine rings is 1. The number of nitrogens with zero attached hydrogens (tertiary/aromatic N) is 2. The van der Waals surface area contributed by atoms with Crippen LogP contribution in [0.5, 0.6) is 0 Å². The van der Waals surface area contributed by atoms with Gasteiger partial charge in [-0.3, -0.25) is 0 Å². The van der Waals surface area contributed by atoms with E-state index in [0.29, 0.717) is 17.4 Å². The zero-order valence-corrected chi connectivity index (χ0v) is 10.6. The summed E-state index contributed by atoms with van der Waals surface area (Å²) < 4.78 is 13.7. The summed E-state index contributed by atoms with van der Waals surface area (Å²) in [5.41, 5.74) is -0.226. The number of anilines is 1. The third-order valence-electron chi connectivity index (χ3n) is 2.17. The summed E-state index contributed by atoms with van der Waals surface area (Å²) in [5, 5.41) is 0.300. The van der Waals surface area contributed by atoms with Crippen LogP contribution in [0.4, 0.5) is 10.2 Å². The van der Waals surface area contributed by atoms with Crippen molar-refractivity contribution in [2.24, 2.45) is 0 Å². The summed E-state index contributed by atoms with van der Waals surface area (Å²) in [6.07, 6.45) is 3.17. The lowest BCUT2D eigenvalue weighted by Gasteiger charge is -2.36. The summed E-state index contributed by atoms with van der Waals surface area (Å²) >= 11 is 5.67. The molecule has 1 rings (SSSR count). The van der Waals surface area contributed by atoms with Crippen LogP contribution in [0.15, 0.2) is 24.9 Å². The van der Waals surface area contributed by atoms with E-state index < -0.39 is 5.82 Å². The second-order valence-corrected chi connectivity index (χ2v) is 4.97. The minimum Gasteiger partial charge on any atom is -0.346 e. The van der Waals surface area contributed by atoms with Gasteiger partial charge in [-0.05, 0) is 26.8 Å². The highest BCUT2D eigenvalue weighted by atomic mass is 35.5. The first-order valence-corrected chi connectivity index (χ1v) is 5.43. The van der Waals surface area contributed by atoms with Crippen molar-refractivity contribution in [1.82, 2.24) is 4.98 Å². The van der Waals surface area contributed by atoms with Crippen LogP contribution in [-0.4, -0.2) is 17.1 Å². The molecule has 0 aliphatic rings. The Morgan fingerprint density at radius 3 is 2.62 bits per heavy atom. The number of halogens is 2. The van der Waals surface area contributed by atoms with Gasteiger partial charge in [0.05, 0.1) is 5.02 Å². The van der Waals surface area contributed by atoms with E-state index in [2.05, 4.69) is 11.6 Å². The normalized spacial score (nSPS) is 11.3. The van der Waals surface area contributed by atoms with Crippen LogP contribution in [0.1, 0.15) is 20.8 Å². The molecule has 0 aliphatic heterocycles. The van der Waals surface area contributed by atoms with E-state index in [0.717, 1.165) is 0 Å². The average Bonchev–Trinajstić information content (AvgIpc) is 2.13. The van der Waals surface area contributed by atoms with Crippen LogP contribution in [0.3, 0.4) is 0 Å². The van der Waals surface area contributed by atoms with Crippen molar-refractivity contribution in [3.63, 3.8) is 0 Å². The summed E-state index contributed by atoms with van der Waals surface area (Å²) in [4.78, 5) is 5.87. The summed E-state index contributed by atoms with van der Waals surface area (Å²) in [6, 6.07) is 1.27. The highest BCUT2D eigenvalue weighted by molar-refractivity contribution is 6.30. The van der Waals surface area contributed by atoms with Crippen molar-refractivity contribution < 1.29 is 4.39 Å². The first kappa shape index (κ1) is 13.0. The van der Waals surface area contributed by atoms with Crippen LogP contribution in [0.25, 0.3) is 0 Å². The largest absolute Gasteiger partial charge is 0.346 e. The first-order valence-electron chi connectivity index (χ1n) is 5.06. The van der Waals surface area contributed by atoms with Crippen molar-refractivity contribution in [2.75, 3.05) is 11.4 Å². The fourth-order valence-corrected chi connectivity index (χ4v) is 1.56. The Kier molecular flexibility index (Phi) is 3.92. The lowest BCUT2D eigenvalue weighted by Crippen LogP contribution is -2.42. The maximum atomic E-state index is 13.7. The van der Waals surface area contributed by atoms with Gasteiger partial charge in [-0.2, -0.15) is 0 Å². The predicted molar refractivity (Wildman–Crippen MR) is 66.5 cm³/mol. The van der Waals surface area contributed by atoms with E-state index in [1.807, 2.05) is 25.7 Å². The number of hydrogen-bond donors (Lipinski definition) is 0. The van der Waals surface area contributed by atoms with Gasteiger partial charge >= 0.3 is 0 Å². The van der Waals surface area contributed by atoms with E-state index in [4.69, 9.17) is 11.6 Å². The molecule has 0 aromatic carbocycles. The molecule has 0 saturated carbocycles. The molecule has 0 unspecified atom stereocenters. The van der Waals surface area contributed by atoms with Crippen molar-refractivity contribution in [2.45, 2.75) is 26.3 Å². The van der Waals surface area contributed by atoms with Gasteiger partial charge in [0.25, 0.3) is 0 Å². The molecule has 0 fully saturated rings. The summed E-state index contributed by atoms with van der Waals surface area (Å²) in [6.45, 7) is 10.2. The standard InChI is InChI=1S/C12H16ClFN2/c1-5-6-16(12(2,3)4)11-10(14)7-9(13)8-15-11/h5,7-8H,1,6H2,2-4H3. The quantitative estimate of drug-likeness (QED) is 0.752. The topological polar surface area (TPSA) is 16.1 Å². The number of hydrogen-bond acceptors (Lipinski definition) is 2. The maximum Gasteiger partial charge on any atom is 0.167 e. The van der Waals surface area contributed by atoms with E-state index in [1.165, 1.54) is 12.3 Å². The lowest BCUT2D eigenvalue weighted by molar-refractivity contribution is 0.500. The molecule has 0 bridgehead atoms. The second kappa shape index (κ2) is 4.83. The third-order valence-corrected chi connectivity index (χ3v) is 2.37. The fraction of sp³-hybridized carbons (Fsp3) is 0.417. The molecule has 0 aliphatic carbocycles. The van der Waals surface area contributed by atoms with E-state index in [1.54, 1.807) is 6.08 Å². The molecule has 1 aromatic heterocycles. The summed E-state index contributed by atoms with van der Waals surface area (Å²) in [5.74, 6) is -0.110. The Hall–Kier alpha value is -1.09. The van der Waals surface area contributed by atoms with Crippen LogP contribution in [-0.2, 0) is 0 Å². The number of rotatable bonds is 3. The van der Waals surface area contributed by atoms with Crippen LogP contribution < -0.4 is 4.90 Å². The molecule has 0 spiro atoms. The van der Waals surface area contributed by atoms with Crippen molar-refractivity contribution in [1.29, 1.82) is 0 Å². The fourth-order valence-electron chi connectivity index (χ4n) is 1.41. The van der Waals surface area contributed by atoms with Gasteiger partial charge in [0.1, 0.15) is 0 Å². The van der Waals surface area contributed by atoms with Crippen molar-refractivity contribution in [3.8, 4) is 0 Å². The van der Waals surface area contributed by atoms with Gasteiger partial charge < -0.3 is 4.90 Å². The highest BCUT2D eigenvalue weighted by Gasteiger charge is 2.24. The molecule has 0 saturated heterocycles. The maximum absolute atomic E-state index is 13.7. The Labute approximate surface area is 101 Å². The van der Waals surface area contributed by atoms with E-state index in [-0.39, 0.29) is 5.54 Å². The Morgan fingerprint density at radius 1 is 1.56 bits per heavy atom. The van der Waals surface area contributed by atoms with Crippen LogP contribution in [0.2, 0.25) is 5.02 Å². The minimum absolute atomic E-state index is 0.226. The smallest absolute Gasteiger partial charge is 0.167 e. The molecule has 0 radical (unpaired) electrons. The molecule has 0 atom stereocenters. The van der Waals surface area contributed by atoms with E-state index in [9.17, 15) is 4.39 Å². The van der Waals surface area contributed by atoms with Gasteiger partial charge in [-0.25, -0.2) is 9.37 Å². The molecular weight excluding hydrogens is 227 g/mol. The Morgan fingerprint density at radius 2 is 2.19 bits per heavy atom. The van der Waals surface area contributed by atoms with Gasteiger partial charge in [-0.1, -0.05) is 17.7 Å². The summed E-state index contributed by atoms with van der Waals surface area (Å²) in [7, 11) is 0. The van der Waals surface area contributed by atoms with Gasteiger partial charge in [0, 0.05) is 18.3 Å². The predicted octanol–water partition coefficient (Wildman–Crippen LogP) is 3.67. The monoisotopic (exact) mass is 242 g/mol. The Bertz CT molecular complexity index is 385. The van der Waals surface area contributed by atoms with Crippen LogP contribution in [0, 0.1) is 5.82 Å². The molecule has 1 heterocycles. The van der Waals surface area contributed by atoms with Crippen molar-refractivity contribution >= 4 is 17.4 Å². The van der Waals surface area contributed by atoms with Gasteiger partial charge in [0.2, 0.25) is 0 Å².